The van der Waals surface area contributed by atoms with Gasteiger partial charge >= 0.3 is 0 Å². The van der Waals surface area contributed by atoms with E-state index in [9.17, 15) is 4.79 Å². The number of piperidine rings is 1. The van der Waals surface area contributed by atoms with E-state index in [1.165, 1.54) is 83.8 Å². The number of nitrogens with zero attached hydrogens (tertiary/aromatic N) is 2. The van der Waals surface area contributed by atoms with Crippen molar-refractivity contribution < 1.29 is 4.79 Å². The van der Waals surface area contributed by atoms with Crippen molar-refractivity contribution >= 4 is 5.91 Å². The zero-order chi connectivity index (χ0) is 15.9. The monoisotopic (exact) mass is 320 g/mol. The molecule has 0 aromatic carbocycles. The molecule has 3 rings (SSSR count). The molecule has 2 aliphatic heterocycles. The van der Waals surface area contributed by atoms with E-state index in [1.54, 1.807) is 0 Å². The molecule has 0 aromatic rings. The zero-order valence-electron chi connectivity index (χ0n) is 15.0. The van der Waals surface area contributed by atoms with Crippen LogP contribution in [0.25, 0.3) is 0 Å². The van der Waals surface area contributed by atoms with E-state index in [2.05, 4.69) is 9.80 Å². The van der Waals surface area contributed by atoms with Crippen molar-refractivity contribution in [1.29, 1.82) is 0 Å². The van der Waals surface area contributed by atoms with E-state index >= 15 is 0 Å². The molecule has 0 spiro atoms. The lowest BCUT2D eigenvalue weighted by atomic mass is 9.92. The van der Waals surface area contributed by atoms with Crippen molar-refractivity contribution in [2.75, 3.05) is 32.7 Å². The van der Waals surface area contributed by atoms with Crippen LogP contribution in [0.1, 0.15) is 77.0 Å². The van der Waals surface area contributed by atoms with Gasteiger partial charge in [-0.2, -0.15) is 0 Å². The average molecular weight is 321 g/mol. The van der Waals surface area contributed by atoms with Gasteiger partial charge in [0.2, 0.25) is 5.91 Å². The maximum atomic E-state index is 12.2. The Balaban J connectivity index is 1.30. The van der Waals surface area contributed by atoms with Gasteiger partial charge < -0.3 is 9.80 Å². The molecule has 1 aliphatic carbocycles. The predicted molar refractivity (Wildman–Crippen MR) is 95.4 cm³/mol. The summed E-state index contributed by atoms with van der Waals surface area (Å²) in [6.07, 6.45) is 15.8. The second kappa shape index (κ2) is 9.05. The molecule has 1 amide bonds. The number of hydrogen-bond acceptors (Lipinski definition) is 2. The van der Waals surface area contributed by atoms with Crippen LogP contribution in [0.5, 0.6) is 0 Å². The van der Waals surface area contributed by atoms with Crippen molar-refractivity contribution in [1.82, 2.24) is 9.80 Å². The summed E-state index contributed by atoms with van der Waals surface area (Å²) in [5.41, 5.74) is 0. The number of carbonyl (C=O) groups is 1. The molecule has 0 radical (unpaired) electrons. The number of likely N-dealkylation sites (tertiary alicyclic amines) is 2. The van der Waals surface area contributed by atoms with Gasteiger partial charge in [0, 0.05) is 26.1 Å². The van der Waals surface area contributed by atoms with Crippen molar-refractivity contribution in [3.05, 3.63) is 0 Å². The smallest absolute Gasteiger partial charge is 0.222 e. The number of rotatable bonds is 7. The van der Waals surface area contributed by atoms with Gasteiger partial charge in [-0.3, -0.25) is 4.79 Å². The van der Waals surface area contributed by atoms with Crippen molar-refractivity contribution in [3.63, 3.8) is 0 Å². The first-order valence-corrected chi connectivity index (χ1v) is 10.3. The topological polar surface area (TPSA) is 23.6 Å². The first-order valence-electron chi connectivity index (χ1n) is 10.3. The van der Waals surface area contributed by atoms with Crippen LogP contribution in [0, 0.1) is 11.8 Å². The quantitative estimate of drug-likeness (QED) is 0.706. The zero-order valence-corrected chi connectivity index (χ0v) is 15.0. The normalized spacial score (nSPS) is 27.0. The minimum atomic E-state index is 0.417. The van der Waals surface area contributed by atoms with Gasteiger partial charge in [-0.05, 0) is 69.9 Å². The van der Waals surface area contributed by atoms with Crippen LogP contribution in [-0.2, 0) is 4.79 Å². The van der Waals surface area contributed by atoms with Gasteiger partial charge in [-0.1, -0.05) is 25.7 Å². The van der Waals surface area contributed by atoms with Crippen LogP contribution in [-0.4, -0.2) is 48.4 Å². The van der Waals surface area contributed by atoms with Gasteiger partial charge in [-0.25, -0.2) is 0 Å². The summed E-state index contributed by atoms with van der Waals surface area (Å²) in [5, 5.41) is 0. The number of amides is 1. The summed E-state index contributed by atoms with van der Waals surface area (Å²) in [7, 11) is 0. The highest BCUT2D eigenvalue weighted by molar-refractivity contribution is 5.76. The molecule has 1 atom stereocenters. The van der Waals surface area contributed by atoms with Crippen LogP contribution in [0.2, 0.25) is 0 Å². The summed E-state index contributed by atoms with van der Waals surface area (Å²) >= 11 is 0. The molecular weight excluding hydrogens is 284 g/mol. The number of carbonyl (C=O) groups excluding carboxylic acids is 1. The maximum Gasteiger partial charge on any atom is 0.222 e. The van der Waals surface area contributed by atoms with Crippen molar-refractivity contribution in [2.45, 2.75) is 77.0 Å². The highest BCUT2D eigenvalue weighted by Gasteiger charge is 2.23. The Bertz CT molecular complexity index is 359. The van der Waals surface area contributed by atoms with Crippen LogP contribution in [0.4, 0.5) is 0 Å². The first kappa shape index (κ1) is 17.3. The van der Waals surface area contributed by atoms with Gasteiger partial charge in [0.1, 0.15) is 0 Å². The molecule has 132 valence electrons. The first-order chi connectivity index (χ1) is 11.3. The molecule has 1 unspecified atom stereocenters. The summed E-state index contributed by atoms with van der Waals surface area (Å²) in [5.74, 6) is 2.22. The minimum Gasteiger partial charge on any atom is -0.343 e. The largest absolute Gasteiger partial charge is 0.343 e. The van der Waals surface area contributed by atoms with Gasteiger partial charge in [0.15, 0.2) is 0 Å². The standard InChI is InChI=1S/C20H36N2O/c23-20(22-15-3-4-16-22)12-11-19-10-6-14-21(17-19)13-5-9-18-7-1-2-8-18/h18-19H,1-17H2. The predicted octanol–water partition coefficient (Wildman–Crippen LogP) is 4.07. The number of hydrogen-bond donors (Lipinski definition) is 0. The van der Waals surface area contributed by atoms with E-state index in [1.807, 2.05) is 0 Å². The van der Waals surface area contributed by atoms with Crippen LogP contribution in [0.15, 0.2) is 0 Å². The molecule has 2 saturated heterocycles. The fourth-order valence-electron chi connectivity index (χ4n) is 4.94. The Morgan fingerprint density at radius 2 is 1.57 bits per heavy atom. The Hall–Kier alpha value is -0.570. The van der Waals surface area contributed by atoms with Crippen LogP contribution >= 0.6 is 0 Å². The Morgan fingerprint density at radius 3 is 2.35 bits per heavy atom. The fourth-order valence-corrected chi connectivity index (χ4v) is 4.94. The van der Waals surface area contributed by atoms with Crippen molar-refractivity contribution in [3.8, 4) is 0 Å². The fraction of sp³-hybridized carbons (Fsp3) is 0.950. The lowest BCUT2D eigenvalue weighted by Crippen LogP contribution is -2.37. The lowest BCUT2D eigenvalue weighted by Gasteiger charge is -2.33. The Labute approximate surface area is 142 Å². The molecule has 0 aromatic heterocycles. The van der Waals surface area contributed by atoms with Crippen LogP contribution < -0.4 is 0 Å². The van der Waals surface area contributed by atoms with E-state index in [0.717, 1.165) is 37.8 Å². The lowest BCUT2D eigenvalue weighted by molar-refractivity contribution is -0.130. The molecule has 23 heavy (non-hydrogen) atoms. The van der Waals surface area contributed by atoms with Gasteiger partial charge in [0.05, 0.1) is 0 Å². The highest BCUT2D eigenvalue weighted by Crippen LogP contribution is 2.29. The molecule has 0 N–H and O–H groups in total. The summed E-state index contributed by atoms with van der Waals surface area (Å²) in [6.45, 7) is 5.86. The van der Waals surface area contributed by atoms with Gasteiger partial charge in [0.25, 0.3) is 0 Å². The van der Waals surface area contributed by atoms with E-state index in [4.69, 9.17) is 0 Å². The average Bonchev–Trinajstić information content (AvgIpc) is 3.26. The third kappa shape index (κ3) is 5.48. The molecular formula is C20H36N2O. The molecule has 3 nitrogen and oxygen atoms in total. The molecule has 3 aliphatic rings. The maximum absolute atomic E-state index is 12.2. The summed E-state index contributed by atoms with van der Waals surface area (Å²) < 4.78 is 0. The SMILES string of the molecule is O=C(CCC1CCCN(CCCC2CCCC2)C1)N1CCCC1. The van der Waals surface area contributed by atoms with Crippen molar-refractivity contribution in [2.24, 2.45) is 11.8 Å². The minimum absolute atomic E-state index is 0.417. The Morgan fingerprint density at radius 1 is 0.826 bits per heavy atom. The molecule has 2 heterocycles. The molecule has 0 bridgehead atoms. The second-order valence-corrected chi connectivity index (χ2v) is 8.23. The highest BCUT2D eigenvalue weighted by atomic mass is 16.2. The Kier molecular flexibility index (Phi) is 6.79. The molecule has 1 saturated carbocycles. The van der Waals surface area contributed by atoms with E-state index in [0.29, 0.717) is 5.91 Å². The van der Waals surface area contributed by atoms with E-state index < -0.39 is 0 Å². The third-order valence-corrected chi connectivity index (χ3v) is 6.39. The van der Waals surface area contributed by atoms with Crippen LogP contribution in [0.3, 0.4) is 0 Å². The molecule has 3 fully saturated rings. The van der Waals surface area contributed by atoms with E-state index in [-0.39, 0.29) is 0 Å². The summed E-state index contributed by atoms with van der Waals surface area (Å²) in [4.78, 5) is 17.0. The third-order valence-electron chi connectivity index (χ3n) is 6.39. The second-order valence-electron chi connectivity index (χ2n) is 8.23. The molecule has 3 heteroatoms. The van der Waals surface area contributed by atoms with Gasteiger partial charge in [-0.15, -0.1) is 0 Å². The summed E-state index contributed by atoms with van der Waals surface area (Å²) in [6, 6.07) is 0.